The molecule has 2 fully saturated rings. The Kier molecular flexibility index (Phi) is 8.04. The largest absolute Gasteiger partial charge is 0.339 e. The Morgan fingerprint density at radius 1 is 1.14 bits per heavy atom. The van der Waals surface area contributed by atoms with Gasteiger partial charge in [0.05, 0.1) is 0 Å². The summed E-state index contributed by atoms with van der Waals surface area (Å²) >= 11 is 0. The fraction of sp³-hybridized carbons (Fsp3) is 0.941. The van der Waals surface area contributed by atoms with Crippen LogP contribution in [0, 0.1) is 11.8 Å². The number of rotatable bonds is 3. The van der Waals surface area contributed by atoms with E-state index in [9.17, 15) is 4.79 Å². The van der Waals surface area contributed by atoms with Crippen LogP contribution in [0.5, 0.6) is 0 Å². The second kappa shape index (κ2) is 8.99. The third-order valence-electron chi connectivity index (χ3n) is 4.97. The van der Waals surface area contributed by atoms with Crippen molar-refractivity contribution >= 4 is 18.3 Å². The fourth-order valence-electron chi connectivity index (χ4n) is 3.94. The van der Waals surface area contributed by atoms with Crippen molar-refractivity contribution in [3.05, 3.63) is 0 Å². The first-order chi connectivity index (χ1) is 9.58. The van der Waals surface area contributed by atoms with E-state index in [0.29, 0.717) is 17.9 Å². The van der Waals surface area contributed by atoms with Crippen LogP contribution in [0.3, 0.4) is 0 Å². The van der Waals surface area contributed by atoms with Gasteiger partial charge >= 0.3 is 0 Å². The van der Waals surface area contributed by atoms with E-state index >= 15 is 0 Å². The quantitative estimate of drug-likeness (QED) is 0.862. The highest BCUT2D eigenvalue weighted by Gasteiger charge is 2.33. The Morgan fingerprint density at radius 3 is 2.57 bits per heavy atom. The van der Waals surface area contributed by atoms with E-state index in [-0.39, 0.29) is 24.4 Å². The molecule has 3 nitrogen and oxygen atoms in total. The van der Waals surface area contributed by atoms with Gasteiger partial charge in [-0.2, -0.15) is 0 Å². The van der Waals surface area contributed by atoms with E-state index < -0.39 is 0 Å². The number of carbonyl (C=O) groups is 1. The first kappa shape index (κ1) is 18.8. The van der Waals surface area contributed by atoms with Gasteiger partial charge in [0.1, 0.15) is 0 Å². The van der Waals surface area contributed by atoms with E-state index in [1.165, 1.54) is 25.7 Å². The number of amides is 1. The van der Waals surface area contributed by atoms with Crippen LogP contribution in [0.25, 0.3) is 0 Å². The third-order valence-corrected chi connectivity index (χ3v) is 4.97. The van der Waals surface area contributed by atoms with Crippen LogP contribution >= 0.6 is 12.4 Å². The van der Waals surface area contributed by atoms with Crippen molar-refractivity contribution < 1.29 is 4.79 Å². The second-order valence-corrected chi connectivity index (χ2v) is 7.29. The second-order valence-electron chi connectivity index (χ2n) is 7.29. The van der Waals surface area contributed by atoms with Crippen LogP contribution in [-0.4, -0.2) is 29.4 Å². The molecule has 2 N–H and O–H groups in total. The molecule has 124 valence electrons. The summed E-state index contributed by atoms with van der Waals surface area (Å²) in [7, 11) is 0. The molecule has 0 aromatic carbocycles. The van der Waals surface area contributed by atoms with E-state index in [1.54, 1.807) is 0 Å². The molecule has 1 heterocycles. The zero-order chi connectivity index (χ0) is 14.5. The highest BCUT2D eigenvalue weighted by molar-refractivity contribution is 5.85. The summed E-state index contributed by atoms with van der Waals surface area (Å²) in [6.07, 6.45) is 10.3. The van der Waals surface area contributed by atoms with E-state index in [0.717, 1.165) is 38.6 Å². The monoisotopic (exact) mass is 316 g/mol. The lowest BCUT2D eigenvalue weighted by Crippen LogP contribution is -2.46. The molecule has 0 bridgehead atoms. The Labute approximate surface area is 136 Å². The van der Waals surface area contributed by atoms with Gasteiger partial charge in [-0.3, -0.25) is 4.79 Å². The number of nitrogens with two attached hydrogens (primary N) is 1. The average molecular weight is 317 g/mol. The number of carbonyl (C=O) groups excluding carboxylic acids is 1. The van der Waals surface area contributed by atoms with Crippen molar-refractivity contribution in [2.45, 2.75) is 83.7 Å². The van der Waals surface area contributed by atoms with Gasteiger partial charge in [-0.15, -0.1) is 12.4 Å². The molecule has 2 rings (SSSR count). The van der Waals surface area contributed by atoms with E-state index in [2.05, 4.69) is 18.7 Å². The van der Waals surface area contributed by atoms with Gasteiger partial charge < -0.3 is 10.6 Å². The molecule has 4 heteroatoms. The lowest BCUT2D eigenvalue weighted by molar-refractivity contribution is -0.139. The van der Waals surface area contributed by atoms with Crippen molar-refractivity contribution in [1.29, 1.82) is 0 Å². The molecule has 1 amide bonds. The summed E-state index contributed by atoms with van der Waals surface area (Å²) in [6.45, 7) is 5.51. The fourth-order valence-corrected chi connectivity index (χ4v) is 3.94. The van der Waals surface area contributed by atoms with Crippen molar-refractivity contribution in [1.82, 2.24) is 4.90 Å². The van der Waals surface area contributed by atoms with Crippen LogP contribution in [0.15, 0.2) is 0 Å². The van der Waals surface area contributed by atoms with Crippen LogP contribution in [0.4, 0.5) is 0 Å². The molecule has 1 saturated carbocycles. The molecule has 0 aromatic rings. The number of halogens is 1. The average Bonchev–Trinajstić information content (AvgIpc) is 2.63. The smallest absolute Gasteiger partial charge is 0.225 e. The van der Waals surface area contributed by atoms with E-state index in [4.69, 9.17) is 5.73 Å². The minimum absolute atomic E-state index is 0. The topological polar surface area (TPSA) is 46.3 Å². The summed E-state index contributed by atoms with van der Waals surface area (Å²) < 4.78 is 0. The van der Waals surface area contributed by atoms with Gasteiger partial charge in [0.2, 0.25) is 5.91 Å². The lowest BCUT2D eigenvalue weighted by atomic mass is 9.84. The summed E-state index contributed by atoms with van der Waals surface area (Å²) in [5.74, 6) is 1.28. The molecule has 0 radical (unpaired) electrons. The normalized spacial score (nSPS) is 30.7. The lowest BCUT2D eigenvalue weighted by Gasteiger charge is -2.36. The Balaban J connectivity index is 0.00000220. The molecular formula is C17H33ClN2O. The summed E-state index contributed by atoms with van der Waals surface area (Å²) in [6, 6.07) is 0.719. The Morgan fingerprint density at radius 2 is 1.90 bits per heavy atom. The van der Waals surface area contributed by atoms with Crippen LogP contribution < -0.4 is 5.73 Å². The number of likely N-dealkylation sites (tertiary alicyclic amines) is 1. The molecular weight excluding hydrogens is 284 g/mol. The summed E-state index contributed by atoms with van der Waals surface area (Å²) in [5, 5.41) is 0. The SMILES string of the molecule is CC(C)CC1CCCCCN1C(=O)C1CCCC(N)C1.Cl. The summed E-state index contributed by atoms with van der Waals surface area (Å²) in [5.41, 5.74) is 6.07. The minimum atomic E-state index is 0. The van der Waals surface area contributed by atoms with Gasteiger partial charge in [0.25, 0.3) is 0 Å². The molecule has 2 aliphatic rings. The first-order valence-electron chi connectivity index (χ1n) is 8.64. The van der Waals surface area contributed by atoms with Crippen molar-refractivity contribution in [3.8, 4) is 0 Å². The van der Waals surface area contributed by atoms with Gasteiger partial charge in [0, 0.05) is 24.5 Å². The Hall–Kier alpha value is -0.280. The molecule has 3 atom stereocenters. The molecule has 21 heavy (non-hydrogen) atoms. The van der Waals surface area contributed by atoms with Crippen molar-refractivity contribution in [2.75, 3.05) is 6.54 Å². The zero-order valence-corrected chi connectivity index (χ0v) is 14.5. The maximum absolute atomic E-state index is 12.9. The predicted octanol–water partition coefficient (Wildman–Crippen LogP) is 3.74. The number of hydrogen-bond acceptors (Lipinski definition) is 2. The third kappa shape index (κ3) is 5.45. The van der Waals surface area contributed by atoms with Crippen LogP contribution in [-0.2, 0) is 4.79 Å². The molecule has 1 aliphatic carbocycles. The minimum Gasteiger partial charge on any atom is -0.339 e. The van der Waals surface area contributed by atoms with Crippen LogP contribution in [0.1, 0.15) is 71.6 Å². The maximum atomic E-state index is 12.9. The molecule has 1 aliphatic heterocycles. The van der Waals surface area contributed by atoms with Gasteiger partial charge in [-0.05, 0) is 44.4 Å². The maximum Gasteiger partial charge on any atom is 0.225 e. The van der Waals surface area contributed by atoms with Gasteiger partial charge in [-0.25, -0.2) is 0 Å². The molecule has 3 unspecified atom stereocenters. The molecule has 0 aromatic heterocycles. The predicted molar refractivity (Wildman–Crippen MR) is 90.6 cm³/mol. The first-order valence-corrected chi connectivity index (χ1v) is 8.64. The van der Waals surface area contributed by atoms with Crippen LogP contribution in [0.2, 0.25) is 0 Å². The highest BCUT2D eigenvalue weighted by Crippen LogP contribution is 2.29. The number of hydrogen-bond donors (Lipinski definition) is 1. The Bertz CT molecular complexity index is 322. The summed E-state index contributed by atoms with van der Waals surface area (Å²) in [4.78, 5) is 15.1. The van der Waals surface area contributed by atoms with E-state index in [1.807, 2.05) is 0 Å². The standard InChI is InChI=1S/C17H32N2O.ClH/c1-13(2)11-16-9-4-3-5-10-19(16)17(20)14-7-6-8-15(18)12-14;/h13-16H,3-12,18H2,1-2H3;1H. The van der Waals surface area contributed by atoms with Gasteiger partial charge in [-0.1, -0.05) is 33.1 Å². The molecule has 1 saturated heterocycles. The number of nitrogens with zero attached hydrogens (tertiary/aromatic N) is 1. The van der Waals surface area contributed by atoms with Gasteiger partial charge in [0.15, 0.2) is 0 Å². The van der Waals surface area contributed by atoms with Crippen molar-refractivity contribution in [2.24, 2.45) is 17.6 Å². The molecule has 0 spiro atoms. The van der Waals surface area contributed by atoms with Crippen molar-refractivity contribution in [3.63, 3.8) is 0 Å². The zero-order valence-electron chi connectivity index (χ0n) is 13.7. The highest BCUT2D eigenvalue weighted by atomic mass is 35.5.